The van der Waals surface area contributed by atoms with E-state index in [1.807, 2.05) is 30.3 Å². The molecule has 0 bridgehead atoms. The molecule has 0 saturated heterocycles. The quantitative estimate of drug-likeness (QED) is 0.385. The Hall–Kier alpha value is -3.16. The maximum Gasteiger partial charge on any atom is 0.135 e. The van der Waals surface area contributed by atoms with Crippen LogP contribution in [0.15, 0.2) is 48.5 Å². The summed E-state index contributed by atoms with van der Waals surface area (Å²) < 4.78 is 3.34. The lowest BCUT2D eigenvalue weighted by atomic mass is 10.1. The molecule has 0 atom stereocenters. The van der Waals surface area contributed by atoms with Crippen LogP contribution in [0.5, 0.6) is 0 Å². The zero-order valence-corrected chi connectivity index (χ0v) is 17.3. The second-order valence-electron chi connectivity index (χ2n) is 7.09. The largest absolute Gasteiger partial charge is 0.318 e. The van der Waals surface area contributed by atoms with E-state index >= 15 is 0 Å². The first-order valence-electron chi connectivity index (χ1n) is 9.22. The van der Waals surface area contributed by atoms with Crippen LogP contribution < -0.4 is 0 Å². The molecule has 0 aliphatic carbocycles. The lowest BCUT2D eigenvalue weighted by Gasteiger charge is -2.11. The number of fused-ring (bicyclic) bond motifs is 1. The third-order valence-corrected chi connectivity index (χ3v) is 6.23. The Morgan fingerprint density at radius 1 is 1.04 bits per heavy atom. The predicted octanol–water partition coefficient (Wildman–Crippen LogP) is 6.38. The highest BCUT2D eigenvalue weighted by atomic mass is 32.1. The Morgan fingerprint density at radius 3 is 2.54 bits per heavy atom. The van der Waals surface area contributed by atoms with Crippen LogP contribution in [0.4, 0.5) is 0 Å². The molecular weight excluding hydrogens is 362 g/mol. The van der Waals surface area contributed by atoms with Crippen LogP contribution in [-0.2, 0) is 0 Å². The van der Waals surface area contributed by atoms with Gasteiger partial charge >= 0.3 is 0 Å². The van der Waals surface area contributed by atoms with Gasteiger partial charge in [0.15, 0.2) is 0 Å². The molecule has 0 radical (unpaired) electrons. The Labute approximate surface area is 169 Å². The second kappa shape index (κ2) is 7.10. The van der Waals surface area contributed by atoms with Crippen molar-refractivity contribution in [1.29, 1.82) is 5.26 Å². The highest BCUT2D eigenvalue weighted by Crippen LogP contribution is 2.30. The van der Waals surface area contributed by atoms with E-state index in [1.165, 1.54) is 11.1 Å². The number of aryl methyl sites for hydroxylation is 3. The second-order valence-corrected chi connectivity index (χ2v) is 8.12. The van der Waals surface area contributed by atoms with Gasteiger partial charge in [-0.25, -0.2) is 4.98 Å². The van der Waals surface area contributed by atoms with Crippen LogP contribution in [0.1, 0.15) is 33.1 Å². The number of allylic oxidation sites excluding steroid dienone is 1. The van der Waals surface area contributed by atoms with Crippen LogP contribution in [0.3, 0.4) is 0 Å². The molecule has 28 heavy (non-hydrogen) atoms. The zero-order valence-electron chi connectivity index (χ0n) is 16.4. The highest BCUT2D eigenvalue weighted by molar-refractivity contribution is 7.19. The van der Waals surface area contributed by atoms with E-state index in [4.69, 9.17) is 0 Å². The van der Waals surface area contributed by atoms with Crippen LogP contribution in [0.2, 0.25) is 0 Å². The number of nitriles is 1. The molecule has 0 unspecified atom stereocenters. The SMILES string of the molecule is Cc1ccc(-n2c(C)cc(/C=C(\C#N)c3nc4ccccc4s3)c2C)cc1C. The van der Waals surface area contributed by atoms with Gasteiger partial charge in [-0.05, 0) is 80.8 Å². The van der Waals surface area contributed by atoms with E-state index in [-0.39, 0.29) is 0 Å². The summed E-state index contributed by atoms with van der Waals surface area (Å²) >= 11 is 1.56. The van der Waals surface area contributed by atoms with Crippen molar-refractivity contribution in [1.82, 2.24) is 9.55 Å². The molecule has 2 heterocycles. The molecule has 0 fully saturated rings. The molecule has 0 amide bonds. The summed E-state index contributed by atoms with van der Waals surface area (Å²) in [5, 5.41) is 10.5. The van der Waals surface area contributed by atoms with Crippen molar-refractivity contribution in [3.63, 3.8) is 0 Å². The fourth-order valence-corrected chi connectivity index (χ4v) is 4.41. The third-order valence-electron chi connectivity index (χ3n) is 5.16. The summed E-state index contributed by atoms with van der Waals surface area (Å²) in [6, 6.07) is 19.0. The van der Waals surface area contributed by atoms with Gasteiger partial charge in [-0.15, -0.1) is 11.3 Å². The normalized spacial score (nSPS) is 11.8. The fourth-order valence-electron chi connectivity index (χ4n) is 3.48. The van der Waals surface area contributed by atoms with E-state index in [0.717, 1.165) is 37.9 Å². The molecule has 4 heteroatoms. The number of benzene rings is 2. The van der Waals surface area contributed by atoms with Gasteiger partial charge in [-0.2, -0.15) is 5.26 Å². The molecule has 138 valence electrons. The summed E-state index contributed by atoms with van der Waals surface area (Å²) in [5.74, 6) is 0. The molecular formula is C24H21N3S. The van der Waals surface area contributed by atoms with E-state index in [9.17, 15) is 5.26 Å². The van der Waals surface area contributed by atoms with E-state index in [2.05, 4.69) is 67.6 Å². The smallest absolute Gasteiger partial charge is 0.135 e. The third kappa shape index (κ3) is 3.15. The van der Waals surface area contributed by atoms with Gasteiger partial charge in [-0.3, -0.25) is 0 Å². The zero-order chi connectivity index (χ0) is 19.8. The number of hydrogen-bond donors (Lipinski definition) is 0. The standard InChI is InChI=1S/C24H21N3S/c1-15-9-10-21(11-16(15)2)27-17(3)12-19(18(27)4)13-20(14-25)24-26-22-7-5-6-8-23(22)28-24/h5-13H,1-4H3/b20-13+. The minimum Gasteiger partial charge on any atom is -0.318 e. The summed E-state index contributed by atoms with van der Waals surface area (Å²) in [5.41, 5.74) is 8.56. The first kappa shape index (κ1) is 18.2. The minimum atomic E-state index is 0.599. The number of para-hydroxylation sites is 1. The first-order valence-corrected chi connectivity index (χ1v) is 10.0. The van der Waals surface area contributed by atoms with Crippen LogP contribution in [0, 0.1) is 39.0 Å². The molecule has 0 spiro atoms. The van der Waals surface area contributed by atoms with E-state index < -0.39 is 0 Å². The van der Waals surface area contributed by atoms with Crippen LogP contribution in [0.25, 0.3) is 27.6 Å². The molecule has 0 N–H and O–H groups in total. The summed E-state index contributed by atoms with van der Waals surface area (Å²) in [6.45, 7) is 8.46. The lowest BCUT2D eigenvalue weighted by molar-refractivity contribution is 0.961. The molecule has 0 saturated carbocycles. The molecule has 2 aromatic carbocycles. The van der Waals surface area contributed by atoms with Crippen molar-refractivity contribution in [2.24, 2.45) is 0 Å². The van der Waals surface area contributed by atoms with E-state index in [0.29, 0.717) is 5.57 Å². The van der Waals surface area contributed by atoms with Crippen molar-refractivity contribution in [3.8, 4) is 11.8 Å². The predicted molar refractivity (Wildman–Crippen MR) is 118 cm³/mol. The average molecular weight is 384 g/mol. The monoisotopic (exact) mass is 383 g/mol. The van der Waals surface area contributed by atoms with Gasteiger partial charge in [0.1, 0.15) is 11.1 Å². The van der Waals surface area contributed by atoms with Gasteiger partial charge < -0.3 is 4.57 Å². The topological polar surface area (TPSA) is 41.6 Å². The Morgan fingerprint density at radius 2 is 1.82 bits per heavy atom. The Balaban J connectivity index is 1.80. The maximum absolute atomic E-state index is 9.76. The van der Waals surface area contributed by atoms with Crippen molar-refractivity contribution in [2.45, 2.75) is 27.7 Å². The molecule has 2 aromatic heterocycles. The Bertz CT molecular complexity index is 1230. The van der Waals surface area contributed by atoms with Gasteiger partial charge in [-0.1, -0.05) is 18.2 Å². The van der Waals surface area contributed by atoms with Crippen molar-refractivity contribution in [3.05, 3.63) is 81.6 Å². The number of thiazole rings is 1. The molecule has 3 nitrogen and oxygen atoms in total. The highest BCUT2D eigenvalue weighted by Gasteiger charge is 2.13. The number of aromatic nitrogens is 2. The van der Waals surface area contributed by atoms with Gasteiger partial charge in [0.05, 0.1) is 15.8 Å². The maximum atomic E-state index is 9.76. The minimum absolute atomic E-state index is 0.599. The van der Waals surface area contributed by atoms with Gasteiger partial charge in [0, 0.05) is 17.1 Å². The summed E-state index contributed by atoms with van der Waals surface area (Å²) in [6.07, 6.45) is 1.96. The van der Waals surface area contributed by atoms with Crippen LogP contribution >= 0.6 is 11.3 Å². The van der Waals surface area contributed by atoms with Crippen molar-refractivity contribution < 1.29 is 0 Å². The molecule has 4 aromatic rings. The number of nitrogens with zero attached hydrogens (tertiary/aromatic N) is 3. The summed E-state index contributed by atoms with van der Waals surface area (Å²) in [7, 11) is 0. The van der Waals surface area contributed by atoms with Crippen LogP contribution in [-0.4, -0.2) is 9.55 Å². The fraction of sp³-hybridized carbons (Fsp3) is 0.167. The first-order chi connectivity index (χ1) is 13.5. The van der Waals surface area contributed by atoms with Crippen molar-refractivity contribution in [2.75, 3.05) is 0 Å². The van der Waals surface area contributed by atoms with Crippen molar-refractivity contribution >= 4 is 33.2 Å². The number of hydrogen-bond acceptors (Lipinski definition) is 3. The van der Waals surface area contributed by atoms with E-state index in [1.54, 1.807) is 11.3 Å². The van der Waals surface area contributed by atoms with Gasteiger partial charge in [0.25, 0.3) is 0 Å². The van der Waals surface area contributed by atoms with Gasteiger partial charge in [0.2, 0.25) is 0 Å². The Kier molecular flexibility index (Phi) is 4.62. The molecule has 4 rings (SSSR count). The summed E-state index contributed by atoms with van der Waals surface area (Å²) in [4.78, 5) is 4.64. The average Bonchev–Trinajstić information content (AvgIpc) is 3.23. The number of rotatable bonds is 3. The molecule has 0 aliphatic heterocycles. The lowest BCUT2D eigenvalue weighted by Crippen LogP contribution is -2.00. The molecule has 0 aliphatic rings.